The van der Waals surface area contributed by atoms with Gasteiger partial charge in [-0.25, -0.2) is 4.39 Å². The van der Waals surface area contributed by atoms with Crippen molar-refractivity contribution < 1.29 is 9.50 Å². The summed E-state index contributed by atoms with van der Waals surface area (Å²) < 4.78 is 12.8. The molecule has 0 aliphatic rings. The first kappa shape index (κ1) is 9.80. The average Bonchev–Trinajstić information content (AvgIpc) is 2.29. The zero-order valence-corrected chi connectivity index (χ0v) is 8.02. The van der Waals surface area contributed by atoms with Gasteiger partial charge in [0.05, 0.1) is 12.1 Å². The van der Waals surface area contributed by atoms with E-state index < -0.39 is 12.4 Å². The summed E-state index contributed by atoms with van der Waals surface area (Å²) in [6, 6.07) is 9.24. The van der Waals surface area contributed by atoms with E-state index in [1.807, 2.05) is 18.2 Å². The first-order valence-corrected chi connectivity index (χ1v) is 4.61. The van der Waals surface area contributed by atoms with Gasteiger partial charge in [-0.2, -0.15) is 0 Å². The van der Waals surface area contributed by atoms with Gasteiger partial charge >= 0.3 is 0 Å². The van der Waals surface area contributed by atoms with Crippen LogP contribution in [0.1, 0.15) is 5.56 Å². The normalized spacial score (nSPS) is 12.0. The van der Waals surface area contributed by atoms with Gasteiger partial charge in [0.15, 0.2) is 0 Å². The topological polar surface area (TPSA) is 33.1 Å². The van der Waals surface area contributed by atoms with E-state index >= 15 is 0 Å². The summed E-state index contributed by atoms with van der Waals surface area (Å²) in [6.45, 7) is -0.569. The lowest BCUT2D eigenvalue weighted by Gasteiger charge is -1.98. The molecule has 1 aromatic carbocycles. The standard InChI is InChI=1S/C12H10FNO/c13-11(8-15)6-9-3-4-10-2-1-5-14-12(10)7-9/h1-7,15H,8H2/b11-6-. The molecular weight excluding hydrogens is 193 g/mol. The predicted octanol–water partition coefficient (Wildman–Crippen LogP) is 2.54. The minimum Gasteiger partial charge on any atom is -0.389 e. The number of hydrogen-bond acceptors (Lipinski definition) is 2. The molecule has 0 unspecified atom stereocenters. The number of benzene rings is 1. The second kappa shape index (κ2) is 4.19. The summed E-state index contributed by atoms with van der Waals surface area (Å²) >= 11 is 0. The zero-order chi connectivity index (χ0) is 10.7. The Morgan fingerprint density at radius 1 is 1.40 bits per heavy atom. The molecule has 0 saturated heterocycles. The molecule has 0 aliphatic carbocycles. The molecule has 3 heteroatoms. The second-order valence-corrected chi connectivity index (χ2v) is 3.20. The fourth-order valence-electron chi connectivity index (χ4n) is 1.40. The number of aromatic nitrogens is 1. The van der Waals surface area contributed by atoms with Crippen molar-refractivity contribution in [1.29, 1.82) is 0 Å². The van der Waals surface area contributed by atoms with E-state index in [1.165, 1.54) is 6.08 Å². The SMILES string of the molecule is OC/C(F)=C/c1ccc2cccnc2c1. The molecule has 0 atom stereocenters. The highest BCUT2D eigenvalue weighted by Gasteiger charge is 1.96. The maximum absolute atomic E-state index is 12.8. The number of hydrogen-bond donors (Lipinski definition) is 1. The molecule has 1 heterocycles. The van der Waals surface area contributed by atoms with E-state index in [4.69, 9.17) is 5.11 Å². The highest BCUT2D eigenvalue weighted by molar-refractivity contribution is 5.80. The summed E-state index contributed by atoms with van der Waals surface area (Å²) in [5.74, 6) is -0.551. The Bertz CT molecular complexity index is 508. The van der Waals surface area contributed by atoms with E-state index in [0.717, 1.165) is 10.9 Å². The number of pyridine rings is 1. The predicted molar refractivity (Wildman–Crippen MR) is 57.9 cm³/mol. The van der Waals surface area contributed by atoms with Gasteiger partial charge in [-0.1, -0.05) is 18.2 Å². The molecule has 2 nitrogen and oxygen atoms in total. The van der Waals surface area contributed by atoms with Crippen LogP contribution in [0.3, 0.4) is 0 Å². The van der Waals surface area contributed by atoms with Crippen LogP contribution in [0, 0.1) is 0 Å². The Kier molecular flexibility index (Phi) is 2.74. The smallest absolute Gasteiger partial charge is 0.126 e. The van der Waals surface area contributed by atoms with E-state index in [2.05, 4.69) is 4.98 Å². The van der Waals surface area contributed by atoms with Crippen molar-refractivity contribution in [3.8, 4) is 0 Å². The van der Waals surface area contributed by atoms with Crippen molar-refractivity contribution >= 4 is 17.0 Å². The third-order valence-corrected chi connectivity index (χ3v) is 2.10. The van der Waals surface area contributed by atoms with Crippen molar-refractivity contribution in [1.82, 2.24) is 4.98 Å². The van der Waals surface area contributed by atoms with Crippen molar-refractivity contribution in [3.63, 3.8) is 0 Å². The number of nitrogens with zero attached hydrogens (tertiary/aromatic N) is 1. The first-order chi connectivity index (χ1) is 7.29. The van der Waals surface area contributed by atoms with Crippen LogP contribution in [0.25, 0.3) is 17.0 Å². The molecule has 0 aliphatic heterocycles. The highest BCUT2D eigenvalue weighted by atomic mass is 19.1. The van der Waals surface area contributed by atoms with Crippen LogP contribution >= 0.6 is 0 Å². The van der Waals surface area contributed by atoms with Crippen LogP contribution < -0.4 is 0 Å². The van der Waals surface area contributed by atoms with E-state index in [1.54, 1.807) is 18.3 Å². The van der Waals surface area contributed by atoms with Crippen LogP contribution in [0.4, 0.5) is 4.39 Å². The van der Waals surface area contributed by atoms with Gasteiger partial charge in [-0.05, 0) is 23.8 Å². The maximum Gasteiger partial charge on any atom is 0.126 e. The fourth-order valence-corrected chi connectivity index (χ4v) is 1.40. The molecule has 0 saturated carbocycles. The van der Waals surface area contributed by atoms with Gasteiger partial charge in [0.1, 0.15) is 5.83 Å². The molecule has 0 radical (unpaired) electrons. The Balaban J connectivity index is 2.47. The lowest BCUT2D eigenvalue weighted by atomic mass is 10.1. The van der Waals surface area contributed by atoms with Crippen LogP contribution in [-0.2, 0) is 0 Å². The molecule has 2 aromatic rings. The van der Waals surface area contributed by atoms with Crippen LogP contribution in [0.15, 0.2) is 42.4 Å². The molecule has 0 spiro atoms. The van der Waals surface area contributed by atoms with Gasteiger partial charge in [0, 0.05) is 11.6 Å². The summed E-state index contributed by atoms with van der Waals surface area (Å²) in [4.78, 5) is 4.16. The molecule has 1 N–H and O–H groups in total. The van der Waals surface area contributed by atoms with Crippen LogP contribution in [0.2, 0.25) is 0 Å². The van der Waals surface area contributed by atoms with E-state index in [0.29, 0.717) is 5.56 Å². The largest absolute Gasteiger partial charge is 0.389 e. The lowest BCUT2D eigenvalue weighted by molar-refractivity contribution is 0.300. The van der Waals surface area contributed by atoms with Gasteiger partial charge in [0.25, 0.3) is 0 Å². The van der Waals surface area contributed by atoms with Gasteiger partial charge in [-0.15, -0.1) is 0 Å². The minimum atomic E-state index is -0.569. The molecule has 0 amide bonds. The van der Waals surface area contributed by atoms with Crippen LogP contribution in [-0.4, -0.2) is 16.7 Å². The third-order valence-electron chi connectivity index (χ3n) is 2.10. The summed E-state index contributed by atoms with van der Waals surface area (Å²) in [5.41, 5.74) is 1.52. The quantitative estimate of drug-likeness (QED) is 0.813. The maximum atomic E-state index is 12.8. The fraction of sp³-hybridized carbons (Fsp3) is 0.0833. The molecule has 76 valence electrons. The Morgan fingerprint density at radius 2 is 2.27 bits per heavy atom. The Labute approximate surface area is 86.7 Å². The molecular formula is C12H10FNO. The third kappa shape index (κ3) is 2.19. The molecule has 1 aromatic heterocycles. The second-order valence-electron chi connectivity index (χ2n) is 3.20. The number of rotatable bonds is 2. The summed E-state index contributed by atoms with van der Waals surface area (Å²) in [7, 11) is 0. The molecule has 2 rings (SSSR count). The van der Waals surface area contributed by atoms with Crippen molar-refractivity contribution in [2.24, 2.45) is 0 Å². The van der Waals surface area contributed by atoms with Gasteiger partial charge in [-0.3, -0.25) is 4.98 Å². The number of aliphatic hydroxyl groups is 1. The first-order valence-electron chi connectivity index (χ1n) is 4.61. The molecule has 0 bridgehead atoms. The lowest BCUT2D eigenvalue weighted by Crippen LogP contribution is -1.83. The average molecular weight is 203 g/mol. The molecule has 15 heavy (non-hydrogen) atoms. The number of aliphatic hydroxyl groups excluding tert-OH is 1. The Morgan fingerprint density at radius 3 is 3.07 bits per heavy atom. The highest BCUT2D eigenvalue weighted by Crippen LogP contribution is 2.15. The van der Waals surface area contributed by atoms with E-state index in [-0.39, 0.29) is 0 Å². The number of halogens is 1. The minimum absolute atomic E-state index is 0.551. The molecule has 0 fully saturated rings. The van der Waals surface area contributed by atoms with E-state index in [9.17, 15) is 4.39 Å². The summed E-state index contributed by atoms with van der Waals surface area (Å²) in [6.07, 6.45) is 2.99. The number of fused-ring (bicyclic) bond motifs is 1. The van der Waals surface area contributed by atoms with Crippen molar-refractivity contribution in [3.05, 3.63) is 47.9 Å². The van der Waals surface area contributed by atoms with Gasteiger partial charge in [0.2, 0.25) is 0 Å². The Hall–Kier alpha value is -1.74. The van der Waals surface area contributed by atoms with Gasteiger partial charge < -0.3 is 5.11 Å². The van der Waals surface area contributed by atoms with Crippen molar-refractivity contribution in [2.75, 3.05) is 6.61 Å². The van der Waals surface area contributed by atoms with Crippen LogP contribution in [0.5, 0.6) is 0 Å². The zero-order valence-electron chi connectivity index (χ0n) is 8.02. The monoisotopic (exact) mass is 203 g/mol. The van der Waals surface area contributed by atoms with Crippen molar-refractivity contribution in [2.45, 2.75) is 0 Å². The summed E-state index contributed by atoms with van der Waals surface area (Å²) in [5, 5.41) is 9.56.